The van der Waals surface area contributed by atoms with E-state index in [0.29, 0.717) is 11.7 Å². The molecule has 90 valence electrons. The molecule has 0 aliphatic heterocycles. The van der Waals surface area contributed by atoms with E-state index >= 15 is 0 Å². The van der Waals surface area contributed by atoms with E-state index in [1.54, 1.807) is 11.8 Å². The van der Waals surface area contributed by atoms with Crippen LogP contribution < -0.4 is 0 Å². The van der Waals surface area contributed by atoms with Crippen LogP contribution in [0.4, 0.5) is 0 Å². The molecule has 17 heavy (non-hydrogen) atoms. The lowest BCUT2D eigenvalue weighted by Crippen LogP contribution is -2.33. The van der Waals surface area contributed by atoms with Crippen molar-refractivity contribution < 1.29 is 4.79 Å². The summed E-state index contributed by atoms with van der Waals surface area (Å²) in [5.74, 6) is 1.19. The third-order valence-corrected chi connectivity index (χ3v) is 5.89. The third kappa shape index (κ3) is 2.25. The summed E-state index contributed by atoms with van der Waals surface area (Å²) < 4.78 is 0. The van der Waals surface area contributed by atoms with Crippen LogP contribution in [0.1, 0.15) is 19.3 Å². The summed E-state index contributed by atoms with van der Waals surface area (Å²) >= 11 is 8.24. The molecule has 0 unspecified atom stereocenters. The fraction of sp³-hybridized carbons (Fsp3) is 0.500. The van der Waals surface area contributed by atoms with Gasteiger partial charge in [0, 0.05) is 27.9 Å². The molecule has 3 rings (SSSR count). The molecule has 0 N–H and O–H groups in total. The number of hydrogen-bond acceptors (Lipinski definition) is 2. The molecule has 0 amide bonds. The van der Waals surface area contributed by atoms with Gasteiger partial charge in [0.15, 0.2) is 0 Å². The quantitative estimate of drug-likeness (QED) is 0.759. The number of ketones is 1. The first kappa shape index (κ1) is 11.6. The molecule has 0 aromatic heterocycles. The standard InChI is InChI=1S/C14H15ClOS/c15-12-7-9-6-11(13(16)8-9)14(12)17-10-4-2-1-3-5-10/h1-5,9,11-12,14H,6-8H2/t9-,11-,12-,14-/m0/s1. The maximum absolute atomic E-state index is 11.9. The summed E-state index contributed by atoms with van der Waals surface area (Å²) in [7, 11) is 0. The monoisotopic (exact) mass is 266 g/mol. The fourth-order valence-corrected chi connectivity index (χ4v) is 4.92. The lowest BCUT2D eigenvalue weighted by atomic mass is 9.88. The van der Waals surface area contributed by atoms with Crippen LogP contribution in [0.15, 0.2) is 35.2 Å². The highest BCUT2D eigenvalue weighted by atomic mass is 35.5. The van der Waals surface area contributed by atoms with Gasteiger partial charge in [-0.1, -0.05) is 18.2 Å². The Hall–Kier alpha value is -0.470. The van der Waals surface area contributed by atoms with Crippen molar-refractivity contribution in [3.63, 3.8) is 0 Å². The second-order valence-corrected chi connectivity index (χ2v) is 6.84. The van der Waals surface area contributed by atoms with Crippen LogP contribution in [0, 0.1) is 11.8 Å². The van der Waals surface area contributed by atoms with E-state index in [1.807, 2.05) is 18.2 Å². The zero-order valence-electron chi connectivity index (χ0n) is 9.51. The number of halogens is 1. The first-order valence-electron chi connectivity index (χ1n) is 6.12. The van der Waals surface area contributed by atoms with Crippen LogP contribution in [0.2, 0.25) is 0 Å². The molecule has 3 heteroatoms. The SMILES string of the molecule is O=C1C[C@@H]2C[C@H](Cl)[C@@H](Sc3ccccc3)[C@H]1C2. The van der Waals surface area contributed by atoms with Crippen LogP contribution in [0.25, 0.3) is 0 Å². The molecule has 0 heterocycles. The number of alkyl halides is 1. The van der Waals surface area contributed by atoms with Crippen LogP contribution >= 0.6 is 23.4 Å². The van der Waals surface area contributed by atoms with Crippen LogP contribution in [-0.2, 0) is 4.79 Å². The van der Waals surface area contributed by atoms with Crippen molar-refractivity contribution in [2.75, 3.05) is 0 Å². The molecule has 0 radical (unpaired) electrons. The van der Waals surface area contributed by atoms with E-state index in [-0.39, 0.29) is 16.5 Å². The molecule has 2 bridgehead atoms. The smallest absolute Gasteiger partial charge is 0.137 e. The van der Waals surface area contributed by atoms with Crippen molar-refractivity contribution in [1.82, 2.24) is 0 Å². The Labute approximate surface area is 111 Å². The second-order valence-electron chi connectivity index (χ2n) is 5.03. The number of fused-ring (bicyclic) bond motifs is 2. The van der Waals surface area contributed by atoms with Gasteiger partial charge < -0.3 is 0 Å². The van der Waals surface area contributed by atoms with Gasteiger partial charge in [0.05, 0.1) is 0 Å². The fourth-order valence-electron chi connectivity index (χ4n) is 3.02. The van der Waals surface area contributed by atoms with Gasteiger partial charge in [0.2, 0.25) is 0 Å². The number of Topliss-reactive ketones (excluding diaryl/α,β-unsaturated/α-hetero) is 1. The lowest BCUT2D eigenvalue weighted by molar-refractivity contribution is -0.120. The Balaban J connectivity index is 1.79. The van der Waals surface area contributed by atoms with Gasteiger partial charge in [-0.05, 0) is 30.9 Å². The average Bonchev–Trinajstić information content (AvgIpc) is 2.63. The highest BCUT2D eigenvalue weighted by Gasteiger charge is 2.46. The summed E-state index contributed by atoms with van der Waals surface area (Å²) in [6.07, 6.45) is 2.83. The van der Waals surface area contributed by atoms with Gasteiger partial charge in [-0.2, -0.15) is 0 Å². The summed E-state index contributed by atoms with van der Waals surface area (Å²) in [4.78, 5) is 13.2. The Morgan fingerprint density at radius 2 is 1.94 bits per heavy atom. The molecule has 0 spiro atoms. The molecule has 1 aromatic carbocycles. The second kappa shape index (κ2) is 4.66. The maximum Gasteiger partial charge on any atom is 0.137 e. The Morgan fingerprint density at radius 3 is 2.71 bits per heavy atom. The third-order valence-electron chi connectivity index (χ3n) is 3.82. The van der Waals surface area contributed by atoms with Crippen molar-refractivity contribution in [3.05, 3.63) is 30.3 Å². The van der Waals surface area contributed by atoms with Crippen LogP contribution in [0.3, 0.4) is 0 Å². The molecule has 2 saturated carbocycles. The summed E-state index contributed by atoms with van der Waals surface area (Å²) in [6.45, 7) is 0. The minimum Gasteiger partial charge on any atom is -0.299 e. The molecule has 1 nitrogen and oxygen atoms in total. The van der Waals surface area contributed by atoms with Crippen LogP contribution in [0.5, 0.6) is 0 Å². The number of hydrogen-bond donors (Lipinski definition) is 0. The normalized spacial score (nSPS) is 36.2. The highest BCUT2D eigenvalue weighted by molar-refractivity contribution is 8.00. The summed E-state index contributed by atoms with van der Waals surface area (Å²) in [6, 6.07) is 10.3. The lowest BCUT2D eigenvalue weighted by Gasteiger charge is -2.31. The maximum atomic E-state index is 11.9. The van der Waals surface area contributed by atoms with E-state index in [1.165, 1.54) is 4.90 Å². The Kier molecular flexibility index (Phi) is 3.18. The van der Waals surface area contributed by atoms with Gasteiger partial charge in [0.1, 0.15) is 5.78 Å². The zero-order valence-corrected chi connectivity index (χ0v) is 11.1. The van der Waals surface area contributed by atoms with E-state index in [2.05, 4.69) is 12.1 Å². The van der Waals surface area contributed by atoms with Gasteiger partial charge in [-0.3, -0.25) is 4.79 Å². The minimum atomic E-state index is 0.149. The molecule has 2 fully saturated rings. The van der Waals surface area contributed by atoms with E-state index in [0.717, 1.165) is 19.3 Å². The molecule has 0 saturated heterocycles. The average molecular weight is 267 g/mol. The topological polar surface area (TPSA) is 17.1 Å². The van der Waals surface area contributed by atoms with Gasteiger partial charge in [0.25, 0.3) is 0 Å². The predicted molar refractivity (Wildman–Crippen MR) is 71.6 cm³/mol. The highest BCUT2D eigenvalue weighted by Crippen LogP contribution is 2.48. The molecule has 1 aromatic rings. The molecular formula is C14H15ClOS. The van der Waals surface area contributed by atoms with Crippen molar-refractivity contribution in [2.45, 2.75) is 34.8 Å². The van der Waals surface area contributed by atoms with E-state index in [9.17, 15) is 4.79 Å². The first-order chi connectivity index (χ1) is 8.24. The largest absolute Gasteiger partial charge is 0.299 e. The predicted octanol–water partition coefficient (Wildman–Crippen LogP) is 3.75. The number of benzene rings is 1. The van der Waals surface area contributed by atoms with Crippen molar-refractivity contribution in [2.24, 2.45) is 11.8 Å². The molecule has 4 atom stereocenters. The van der Waals surface area contributed by atoms with E-state index < -0.39 is 0 Å². The number of carbonyl (C=O) groups is 1. The van der Waals surface area contributed by atoms with Crippen molar-refractivity contribution in [1.29, 1.82) is 0 Å². The molecular weight excluding hydrogens is 252 g/mol. The number of rotatable bonds is 2. The molecule has 2 aliphatic rings. The van der Waals surface area contributed by atoms with Crippen LogP contribution in [-0.4, -0.2) is 16.4 Å². The van der Waals surface area contributed by atoms with Crippen molar-refractivity contribution in [3.8, 4) is 0 Å². The van der Waals surface area contributed by atoms with E-state index in [4.69, 9.17) is 11.6 Å². The number of thioether (sulfide) groups is 1. The summed E-state index contributed by atoms with van der Waals surface area (Å²) in [5.41, 5.74) is 0. The zero-order chi connectivity index (χ0) is 11.8. The van der Waals surface area contributed by atoms with Gasteiger partial charge in [-0.15, -0.1) is 23.4 Å². The Bertz CT molecular complexity index is 419. The van der Waals surface area contributed by atoms with Gasteiger partial charge >= 0.3 is 0 Å². The summed E-state index contributed by atoms with van der Waals surface area (Å²) in [5, 5.41) is 0.417. The minimum absolute atomic E-state index is 0.149. The van der Waals surface area contributed by atoms with Crippen molar-refractivity contribution >= 4 is 29.1 Å². The first-order valence-corrected chi connectivity index (χ1v) is 7.44. The Morgan fingerprint density at radius 1 is 1.18 bits per heavy atom. The molecule has 2 aliphatic carbocycles. The van der Waals surface area contributed by atoms with Gasteiger partial charge in [-0.25, -0.2) is 0 Å². The number of carbonyl (C=O) groups excluding carboxylic acids is 1.